The van der Waals surface area contributed by atoms with Crippen LogP contribution < -0.4 is 5.73 Å². The van der Waals surface area contributed by atoms with Crippen molar-refractivity contribution in [1.29, 1.82) is 0 Å². The zero-order valence-corrected chi connectivity index (χ0v) is 8.88. The summed E-state index contributed by atoms with van der Waals surface area (Å²) in [6.45, 7) is 6.44. The van der Waals surface area contributed by atoms with Crippen molar-refractivity contribution in [3.05, 3.63) is 0 Å². The van der Waals surface area contributed by atoms with Gasteiger partial charge in [0.15, 0.2) is 0 Å². The van der Waals surface area contributed by atoms with Gasteiger partial charge in [0.25, 0.3) is 0 Å². The zero-order valence-electron chi connectivity index (χ0n) is 8.88. The molecule has 0 fully saturated rings. The average molecular weight is 187 g/mol. The molecule has 0 aromatic rings. The number of esters is 1. The SMILES string of the molecule is CCC(C)OC(=O)C(C)CCCN. The molecule has 2 unspecified atom stereocenters. The number of ether oxygens (including phenoxy) is 1. The van der Waals surface area contributed by atoms with Gasteiger partial charge in [0.2, 0.25) is 0 Å². The molecule has 0 spiro atoms. The van der Waals surface area contributed by atoms with E-state index in [0.717, 1.165) is 19.3 Å². The molecule has 0 aromatic carbocycles. The molecular formula is C10H21NO2. The molecule has 0 saturated carbocycles. The first-order chi connectivity index (χ1) is 6.11. The fraction of sp³-hybridized carbons (Fsp3) is 0.900. The van der Waals surface area contributed by atoms with Crippen LogP contribution in [-0.4, -0.2) is 18.6 Å². The Morgan fingerprint density at radius 2 is 2.08 bits per heavy atom. The molecule has 2 N–H and O–H groups in total. The second-order valence-electron chi connectivity index (χ2n) is 3.49. The van der Waals surface area contributed by atoms with Crippen LogP contribution in [0.1, 0.15) is 40.0 Å². The lowest BCUT2D eigenvalue weighted by molar-refractivity contribution is -0.152. The van der Waals surface area contributed by atoms with Crippen LogP contribution >= 0.6 is 0 Å². The molecule has 0 aliphatic heterocycles. The van der Waals surface area contributed by atoms with Gasteiger partial charge in [0.05, 0.1) is 12.0 Å². The van der Waals surface area contributed by atoms with Crippen LogP contribution in [0.15, 0.2) is 0 Å². The number of hydrogen-bond donors (Lipinski definition) is 1. The lowest BCUT2D eigenvalue weighted by Gasteiger charge is -2.14. The fourth-order valence-corrected chi connectivity index (χ4v) is 0.940. The highest BCUT2D eigenvalue weighted by Crippen LogP contribution is 2.09. The lowest BCUT2D eigenvalue weighted by atomic mass is 10.1. The summed E-state index contributed by atoms with van der Waals surface area (Å²) in [6.07, 6.45) is 2.62. The second-order valence-corrected chi connectivity index (χ2v) is 3.49. The summed E-state index contributed by atoms with van der Waals surface area (Å²) in [5.74, 6) is -0.111. The van der Waals surface area contributed by atoms with Crippen molar-refractivity contribution < 1.29 is 9.53 Å². The normalized spacial score (nSPS) is 15.1. The minimum Gasteiger partial charge on any atom is -0.462 e. The predicted octanol–water partition coefficient (Wildman–Crippen LogP) is 1.70. The molecule has 78 valence electrons. The van der Waals surface area contributed by atoms with E-state index in [2.05, 4.69) is 0 Å². The van der Waals surface area contributed by atoms with E-state index in [1.165, 1.54) is 0 Å². The number of carbonyl (C=O) groups is 1. The molecule has 0 aliphatic rings. The largest absolute Gasteiger partial charge is 0.462 e. The molecule has 0 rings (SSSR count). The van der Waals surface area contributed by atoms with E-state index in [9.17, 15) is 4.79 Å². The van der Waals surface area contributed by atoms with Gasteiger partial charge in [-0.3, -0.25) is 4.79 Å². The number of hydrogen-bond acceptors (Lipinski definition) is 3. The van der Waals surface area contributed by atoms with Gasteiger partial charge < -0.3 is 10.5 Å². The molecule has 0 aliphatic carbocycles. The molecule has 0 saturated heterocycles. The van der Waals surface area contributed by atoms with Crippen molar-refractivity contribution in [2.45, 2.75) is 46.1 Å². The number of nitrogens with two attached hydrogens (primary N) is 1. The van der Waals surface area contributed by atoms with Gasteiger partial charge in [-0.05, 0) is 32.7 Å². The molecule has 0 heterocycles. The Balaban J connectivity index is 3.68. The fourth-order valence-electron chi connectivity index (χ4n) is 0.940. The zero-order chi connectivity index (χ0) is 10.3. The molecule has 2 atom stereocenters. The van der Waals surface area contributed by atoms with E-state index < -0.39 is 0 Å². The maximum atomic E-state index is 11.4. The predicted molar refractivity (Wildman–Crippen MR) is 53.3 cm³/mol. The first-order valence-electron chi connectivity index (χ1n) is 5.02. The lowest BCUT2D eigenvalue weighted by Crippen LogP contribution is -2.20. The molecule has 0 bridgehead atoms. The molecular weight excluding hydrogens is 166 g/mol. The van der Waals surface area contributed by atoms with Crippen LogP contribution in [0, 0.1) is 5.92 Å². The van der Waals surface area contributed by atoms with Crippen molar-refractivity contribution in [3.63, 3.8) is 0 Å². The smallest absolute Gasteiger partial charge is 0.308 e. The minimum absolute atomic E-state index is 0.0162. The molecule has 0 amide bonds. The summed E-state index contributed by atoms with van der Waals surface area (Å²) >= 11 is 0. The topological polar surface area (TPSA) is 52.3 Å². The van der Waals surface area contributed by atoms with Crippen molar-refractivity contribution >= 4 is 5.97 Å². The third kappa shape index (κ3) is 5.64. The second kappa shape index (κ2) is 6.89. The standard InChI is InChI=1S/C10H21NO2/c1-4-9(3)13-10(12)8(2)6-5-7-11/h8-9H,4-7,11H2,1-3H3. The molecule has 13 heavy (non-hydrogen) atoms. The van der Waals surface area contributed by atoms with Crippen LogP contribution in [0.2, 0.25) is 0 Å². The van der Waals surface area contributed by atoms with Crippen LogP contribution in [-0.2, 0) is 9.53 Å². The van der Waals surface area contributed by atoms with Crippen molar-refractivity contribution in [2.75, 3.05) is 6.54 Å². The van der Waals surface area contributed by atoms with Crippen LogP contribution in [0.25, 0.3) is 0 Å². The van der Waals surface area contributed by atoms with Gasteiger partial charge in [0.1, 0.15) is 0 Å². The Kier molecular flexibility index (Phi) is 6.59. The maximum absolute atomic E-state index is 11.4. The highest BCUT2D eigenvalue weighted by molar-refractivity contribution is 5.72. The summed E-state index contributed by atoms with van der Waals surface area (Å²) in [6, 6.07) is 0. The quantitative estimate of drug-likeness (QED) is 0.644. The highest BCUT2D eigenvalue weighted by Gasteiger charge is 2.15. The maximum Gasteiger partial charge on any atom is 0.308 e. The monoisotopic (exact) mass is 187 g/mol. The van der Waals surface area contributed by atoms with Crippen LogP contribution in [0.3, 0.4) is 0 Å². The highest BCUT2D eigenvalue weighted by atomic mass is 16.5. The Morgan fingerprint density at radius 3 is 2.54 bits per heavy atom. The number of rotatable bonds is 6. The summed E-state index contributed by atoms with van der Waals surface area (Å²) in [5, 5.41) is 0. The summed E-state index contributed by atoms with van der Waals surface area (Å²) < 4.78 is 5.18. The Labute approximate surface area is 80.6 Å². The van der Waals surface area contributed by atoms with Gasteiger partial charge in [-0.25, -0.2) is 0 Å². The van der Waals surface area contributed by atoms with Gasteiger partial charge in [0, 0.05) is 0 Å². The Bertz CT molecular complexity index is 148. The first-order valence-corrected chi connectivity index (χ1v) is 5.02. The first kappa shape index (κ1) is 12.4. The van der Waals surface area contributed by atoms with E-state index in [-0.39, 0.29) is 18.0 Å². The van der Waals surface area contributed by atoms with E-state index in [0.29, 0.717) is 6.54 Å². The van der Waals surface area contributed by atoms with E-state index >= 15 is 0 Å². The average Bonchev–Trinajstić information content (AvgIpc) is 2.13. The summed E-state index contributed by atoms with van der Waals surface area (Å²) in [7, 11) is 0. The van der Waals surface area contributed by atoms with Crippen molar-refractivity contribution in [2.24, 2.45) is 11.7 Å². The molecule has 0 radical (unpaired) electrons. The third-order valence-corrected chi connectivity index (χ3v) is 2.14. The summed E-state index contributed by atoms with van der Waals surface area (Å²) in [4.78, 5) is 11.4. The van der Waals surface area contributed by atoms with E-state index in [1.54, 1.807) is 0 Å². The van der Waals surface area contributed by atoms with Crippen LogP contribution in [0.5, 0.6) is 0 Å². The van der Waals surface area contributed by atoms with Crippen LogP contribution in [0.4, 0.5) is 0 Å². The summed E-state index contributed by atoms with van der Waals surface area (Å²) in [5.41, 5.74) is 5.35. The molecule has 3 heteroatoms. The Morgan fingerprint density at radius 1 is 1.46 bits per heavy atom. The van der Waals surface area contributed by atoms with Gasteiger partial charge >= 0.3 is 5.97 Å². The van der Waals surface area contributed by atoms with Crippen molar-refractivity contribution in [1.82, 2.24) is 0 Å². The number of carbonyl (C=O) groups excluding carboxylic acids is 1. The Hall–Kier alpha value is -0.570. The van der Waals surface area contributed by atoms with Gasteiger partial charge in [-0.2, -0.15) is 0 Å². The minimum atomic E-state index is -0.0946. The van der Waals surface area contributed by atoms with Gasteiger partial charge in [-0.15, -0.1) is 0 Å². The van der Waals surface area contributed by atoms with Gasteiger partial charge in [-0.1, -0.05) is 13.8 Å². The van der Waals surface area contributed by atoms with Crippen molar-refractivity contribution in [3.8, 4) is 0 Å². The molecule has 0 aromatic heterocycles. The van der Waals surface area contributed by atoms with E-state index in [1.807, 2.05) is 20.8 Å². The third-order valence-electron chi connectivity index (χ3n) is 2.14. The molecule has 3 nitrogen and oxygen atoms in total. The van der Waals surface area contributed by atoms with E-state index in [4.69, 9.17) is 10.5 Å².